The number of alkyl halides is 3. The van der Waals surface area contributed by atoms with Crippen LogP contribution in [0.3, 0.4) is 0 Å². The number of carbonyl (C=O) groups excluding carboxylic acids is 4. The molecule has 2 aromatic rings. The first-order chi connectivity index (χ1) is 16.8. The Kier molecular flexibility index (Phi) is 9.13. The normalized spacial score (nSPS) is 11.7. The second-order valence-electron chi connectivity index (χ2n) is 7.59. The summed E-state index contributed by atoms with van der Waals surface area (Å²) < 4.78 is 46.9. The molecule has 2 amide bonds. The molecule has 0 saturated heterocycles. The average molecular weight is 508 g/mol. The van der Waals surface area contributed by atoms with Crippen molar-refractivity contribution in [2.45, 2.75) is 18.6 Å². The van der Waals surface area contributed by atoms with E-state index in [0.29, 0.717) is 5.56 Å². The van der Waals surface area contributed by atoms with Crippen LogP contribution in [0.25, 0.3) is 0 Å². The number of rotatable bonds is 9. The van der Waals surface area contributed by atoms with Crippen molar-refractivity contribution < 1.29 is 41.8 Å². The van der Waals surface area contributed by atoms with Gasteiger partial charge in [-0.15, -0.1) is 0 Å². The van der Waals surface area contributed by atoms with Gasteiger partial charge in [0, 0.05) is 37.2 Å². The number of carbonyl (C=O) groups is 4. The molecule has 0 spiro atoms. The monoisotopic (exact) mass is 508 g/mol. The number of nitrogen functional groups attached to an aromatic ring is 1. The second kappa shape index (κ2) is 11.8. The van der Waals surface area contributed by atoms with Gasteiger partial charge in [-0.05, 0) is 36.4 Å². The van der Waals surface area contributed by atoms with Crippen molar-refractivity contribution in [3.63, 3.8) is 0 Å². The van der Waals surface area contributed by atoms with Crippen LogP contribution in [-0.2, 0) is 14.3 Å². The number of hydrogen-bond acceptors (Lipinski definition) is 7. The van der Waals surface area contributed by atoms with Crippen LogP contribution in [-0.4, -0.2) is 67.4 Å². The molecule has 2 aromatic carbocycles. The van der Waals surface area contributed by atoms with E-state index in [4.69, 9.17) is 15.9 Å². The molecule has 0 aromatic heterocycles. The number of nitrogens with two attached hydrogens (primary N) is 1. The van der Waals surface area contributed by atoms with Gasteiger partial charge in [0.1, 0.15) is 17.6 Å². The largest absolute Gasteiger partial charge is 0.493 e. The van der Waals surface area contributed by atoms with E-state index >= 15 is 0 Å². The van der Waals surface area contributed by atoms with Gasteiger partial charge >= 0.3 is 18.1 Å². The van der Waals surface area contributed by atoms with E-state index in [0.717, 1.165) is 0 Å². The molecular weight excluding hydrogens is 485 g/mol. The standard InChI is InChI=1S/C23H23F3N4O6/c1-30(2)20(32)14-8-6-13(7-9-14)19(31)29-17(21(33)36-22(34)23(24,25)26)10-11-35-16-5-3-4-15(12-16)18(27)28/h3-9,12,17H,10-11H2,1-2H3,(H3,27,28)(H,29,31)/t17-/m0/s1. The van der Waals surface area contributed by atoms with E-state index in [1.54, 1.807) is 26.2 Å². The molecule has 0 bridgehead atoms. The third kappa shape index (κ3) is 7.82. The first-order valence-electron chi connectivity index (χ1n) is 10.3. The number of amidine groups is 1. The van der Waals surface area contributed by atoms with Crippen LogP contribution in [0.4, 0.5) is 13.2 Å². The third-order valence-corrected chi connectivity index (χ3v) is 4.64. The summed E-state index contributed by atoms with van der Waals surface area (Å²) in [6, 6.07) is 9.68. The number of benzene rings is 2. The molecule has 36 heavy (non-hydrogen) atoms. The van der Waals surface area contributed by atoms with Crippen molar-refractivity contribution in [1.82, 2.24) is 10.2 Å². The van der Waals surface area contributed by atoms with E-state index < -0.39 is 30.1 Å². The van der Waals surface area contributed by atoms with Crippen molar-refractivity contribution in [2.24, 2.45) is 5.73 Å². The summed E-state index contributed by atoms with van der Waals surface area (Å²) in [7, 11) is 3.08. The van der Waals surface area contributed by atoms with E-state index in [2.05, 4.69) is 10.1 Å². The number of esters is 2. The number of nitrogens with one attached hydrogen (secondary N) is 2. The molecule has 13 heteroatoms. The summed E-state index contributed by atoms with van der Waals surface area (Å²) in [4.78, 5) is 49.3. The van der Waals surface area contributed by atoms with Crippen LogP contribution in [0.2, 0.25) is 0 Å². The maximum Gasteiger partial charge on any atom is 0.491 e. The highest BCUT2D eigenvalue weighted by atomic mass is 19.4. The van der Waals surface area contributed by atoms with Crippen LogP contribution in [0.5, 0.6) is 5.75 Å². The van der Waals surface area contributed by atoms with Crippen molar-refractivity contribution >= 4 is 29.6 Å². The maximum absolute atomic E-state index is 12.6. The minimum absolute atomic E-state index is 0.000307. The highest BCUT2D eigenvalue weighted by Gasteiger charge is 2.43. The zero-order chi connectivity index (χ0) is 27.0. The molecule has 192 valence electrons. The van der Waals surface area contributed by atoms with Crippen molar-refractivity contribution in [2.75, 3.05) is 20.7 Å². The lowest BCUT2D eigenvalue weighted by atomic mass is 10.1. The second-order valence-corrected chi connectivity index (χ2v) is 7.59. The third-order valence-electron chi connectivity index (χ3n) is 4.64. The van der Waals surface area contributed by atoms with Crippen molar-refractivity contribution in [3.05, 3.63) is 65.2 Å². The van der Waals surface area contributed by atoms with Crippen LogP contribution in [0, 0.1) is 5.41 Å². The molecule has 1 atom stereocenters. The number of amides is 2. The van der Waals surface area contributed by atoms with Gasteiger partial charge in [-0.1, -0.05) is 12.1 Å². The highest BCUT2D eigenvalue weighted by molar-refractivity contribution is 6.00. The lowest BCUT2D eigenvalue weighted by Gasteiger charge is -2.18. The SMILES string of the molecule is CN(C)C(=O)c1ccc(C(=O)N[C@@H](CCOc2cccc(C(=N)N)c2)C(=O)OC(=O)C(F)(F)F)cc1. The summed E-state index contributed by atoms with van der Waals surface area (Å²) in [5.41, 5.74) is 6.04. The number of hydrogen-bond donors (Lipinski definition) is 3. The van der Waals surface area contributed by atoms with E-state index in [1.807, 2.05) is 0 Å². The van der Waals surface area contributed by atoms with Gasteiger partial charge in [0.15, 0.2) is 0 Å². The predicted octanol–water partition coefficient (Wildman–Crippen LogP) is 1.87. The fourth-order valence-electron chi connectivity index (χ4n) is 2.78. The Morgan fingerprint density at radius 1 is 1.03 bits per heavy atom. The molecule has 0 radical (unpaired) electrons. The Hall–Kier alpha value is -4.42. The molecule has 0 saturated carbocycles. The van der Waals surface area contributed by atoms with Gasteiger partial charge in [-0.3, -0.25) is 15.0 Å². The Balaban J connectivity index is 2.14. The number of ether oxygens (including phenoxy) is 2. The zero-order valence-electron chi connectivity index (χ0n) is 19.2. The molecule has 0 unspecified atom stereocenters. The lowest BCUT2D eigenvalue weighted by Crippen LogP contribution is -2.44. The first-order valence-corrected chi connectivity index (χ1v) is 10.3. The average Bonchev–Trinajstić information content (AvgIpc) is 2.82. The van der Waals surface area contributed by atoms with Gasteiger partial charge in [0.05, 0.1) is 6.61 Å². The van der Waals surface area contributed by atoms with Crippen molar-refractivity contribution in [3.8, 4) is 5.75 Å². The molecule has 0 fully saturated rings. The first kappa shape index (κ1) is 27.8. The summed E-state index contributed by atoms with van der Waals surface area (Å²) >= 11 is 0. The zero-order valence-corrected chi connectivity index (χ0v) is 19.2. The molecule has 0 aliphatic carbocycles. The molecule has 0 heterocycles. The predicted molar refractivity (Wildman–Crippen MR) is 120 cm³/mol. The van der Waals surface area contributed by atoms with Gasteiger partial charge in [0.2, 0.25) is 0 Å². The van der Waals surface area contributed by atoms with Gasteiger partial charge in [-0.25, -0.2) is 9.59 Å². The maximum atomic E-state index is 12.6. The molecule has 0 aliphatic rings. The van der Waals surface area contributed by atoms with Crippen LogP contribution in [0.15, 0.2) is 48.5 Å². The Labute approximate surface area is 203 Å². The van der Waals surface area contributed by atoms with E-state index in [1.165, 1.54) is 41.3 Å². The van der Waals surface area contributed by atoms with Gasteiger partial charge in [-0.2, -0.15) is 13.2 Å². The van der Waals surface area contributed by atoms with Crippen LogP contribution in [0.1, 0.15) is 32.7 Å². The Morgan fingerprint density at radius 2 is 1.64 bits per heavy atom. The van der Waals surface area contributed by atoms with Gasteiger partial charge < -0.3 is 25.4 Å². The van der Waals surface area contributed by atoms with Crippen LogP contribution < -0.4 is 15.8 Å². The molecule has 2 rings (SSSR count). The minimum Gasteiger partial charge on any atom is -0.493 e. The summed E-state index contributed by atoms with van der Waals surface area (Å²) in [6.07, 6.45) is -5.78. The molecule has 10 nitrogen and oxygen atoms in total. The lowest BCUT2D eigenvalue weighted by molar-refractivity contribution is -0.202. The fourth-order valence-corrected chi connectivity index (χ4v) is 2.78. The van der Waals surface area contributed by atoms with Crippen molar-refractivity contribution in [1.29, 1.82) is 5.41 Å². The topological polar surface area (TPSA) is 152 Å². The highest BCUT2D eigenvalue weighted by Crippen LogP contribution is 2.18. The summed E-state index contributed by atoms with van der Waals surface area (Å²) in [5, 5.41) is 9.65. The van der Waals surface area contributed by atoms with E-state index in [9.17, 15) is 32.3 Å². The quantitative estimate of drug-likeness (QED) is 0.202. The Morgan fingerprint density at radius 3 is 2.19 bits per heavy atom. The number of nitrogens with zero attached hydrogens (tertiary/aromatic N) is 1. The van der Waals surface area contributed by atoms with Crippen LogP contribution >= 0.6 is 0 Å². The number of halogens is 3. The molecular formula is C23H23F3N4O6. The summed E-state index contributed by atoms with van der Waals surface area (Å²) in [5.74, 6) is -5.52. The molecule has 0 aliphatic heterocycles. The fraction of sp³-hybridized carbons (Fsp3) is 0.261. The Bertz CT molecular complexity index is 1150. The van der Waals surface area contributed by atoms with Gasteiger partial charge in [0.25, 0.3) is 11.8 Å². The summed E-state index contributed by atoms with van der Waals surface area (Å²) in [6.45, 7) is -0.280. The minimum atomic E-state index is -5.41. The smallest absolute Gasteiger partial charge is 0.491 e. The molecule has 4 N–H and O–H groups in total. The van der Waals surface area contributed by atoms with E-state index in [-0.39, 0.29) is 41.6 Å².